The maximum absolute atomic E-state index is 6.20. The lowest BCUT2D eigenvalue weighted by molar-refractivity contribution is 0.361. The van der Waals surface area contributed by atoms with Gasteiger partial charge in [-0.3, -0.25) is 0 Å². The quantitative estimate of drug-likeness (QED) is 0.504. The zero-order valence-corrected chi connectivity index (χ0v) is 14.0. The topological polar surface area (TPSA) is 11.3 Å². The Bertz CT molecular complexity index is 710. The Kier molecular flexibility index (Phi) is 4.29. The third-order valence-electron chi connectivity index (χ3n) is 3.71. The highest BCUT2D eigenvalue weighted by molar-refractivity contribution is 5.69. The minimum absolute atomic E-state index is 0.187. The fourth-order valence-corrected chi connectivity index (χ4v) is 2.71. The van der Waals surface area contributed by atoms with Crippen molar-refractivity contribution in [1.82, 2.24) is 0 Å². The molecule has 0 amide bonds. The van der Waals surface area contributed by atoms with E-state index in [1.165, 1.54) is 11.1 Å². The van der Waals surface area contributed by atoms with Crippen LogP contribution >= 0.6 is 0 Å². The van der Waals surface area contributed by atoms with Crippen molar-refractivity contribution in [1.29, 1.82) is 0 Å². The predicted octanol–water partition coefficient (Wildman–Crippen LogP) is 6.48. The number of hydrogen-bond donors (Lipinski definition) is 0. The SMILES string of the molecule is CC(C)(C)Cc1cc(-c2ccccc2)cc(-c2ccccc2)[o+]1. The molecule has 0 N–H and O–H groups in total. The second-order valence-corrected chi connectivity index (χ2v) is 7.15. The van der Waals surface area contributed by atoms with E-state index in [2.05, 4.69) is 69.3 Å². The van der Waals surface area contributed by atoms with E-state index >= 15 is 0 Å². The van der Waals surface area contributed by atoms with Crippen LogP contribution < -0.4 is 0 Å². The normalized spacial score (nSPS) is 11.4. The minimum atomic E-state index is 0.187. The van der Waals surface area contributed by atoms with Crippen molar-refractivity contribution in [2.45, 2.75) is 27.2 Å². The molecule has 0 saturated carbocycles. The van der Waals surface area contributed by atoms with Crippen molar-refractivity contribution >= 4 is 0 Å². The number of hydrogen-bond acceptors (Lipinski definition) is 0. The molecule has 0 aliphatic carbocycles. The summed E-state index contributed by atoms with van der Waals surface area (Å²) in [6.45, 7) is 6.71. The van der Waals surface area contributed by atoms with Crippen molar-refractivity contribution < 1.29 is 4.42 Å². The van der Waals surface area contributed by atoms with Gasteiger partial charge in [0.25, 0.3) is 0 Å². The Morgan fingerprint density at radius 1 is 0.696 bits per heavy atom. The van der Waals surface area contributed by atoms with Gasteiger partial charge in [0, 0.05) is 11.6 Å². The van der Waals surface area contributed by atoms with E-state index in [1.54, 1.807) is 0 Å². The summed E-state index contributed by atoms with van der Waals surface area (Å²) in [4.78, 5) is 0. The highest BCUT2D eigenvalue weighted by Crippen LogP contribution is 2.31. The van der Waals surface area contributed by atoms with Crippen molar-refractivity contribution in [3.8, 4) is 22.5 Å². The molecule has 0 aliphatic heterocycles. The molecule has 0 spiro atoms. The molecule has 3 rings (SSSR count). The summed E-state index contributed by atoms with van der Waals surface area (Å²) < 4.78 is 6.20. The summed E-state index contributed by atoms with van der Waals surface area (Å²) in [6.07, 6.45) is 0.910. The van der Waals surface area contributed by atoms with Gasteiger partial charge in [0.2, 0.25) is 0 Å². The molecule has 1 aromatic heterocycles. The third-order valence-corrected chi connectivity index (χ3v) is 3.71. The van der Waals surface area contributed by atoms with E-state index < -0.39 is 0 Å². The first-order valence-corrected chi connectivity index (χ1v) is 8.09. The lowest BCUT2D eigenvalue weighted by atomic mass is 9.90. The molecular formula is C22H23O+. The monoisotopic (exact) mass is 303 g/mol. The van der Waals surface area contributed by atoms with Crippen molar-refractivity contribution in [2.75, 3.05) is 0 Å². The molecule has 0 fully saturated rings. The molecule has 0 radical (unpaired) electrons. The Labute approximate surface area is 138 Å². The van der Waals surface area contributed by atoms with Gasteiger partial charge in [0.1, 0.15) is 0 Å². The van der Waals surface area contributed by atoms with Crippen molar-refractivity contribution in [3.63, 3.8) is 0 Å². The molecular weight excluding hydrogens is 280 g/mol. The first-order chi connectivity index (χ1) is 11.0. The van der Waals surface area contributed by atoms with Gasteiger partial charge in [-0.1, -0.05) is 69.3 Å². The van der Waals surface area contributed by atoms with E-state index in [-0.39, 0.29) is 5.41 Å². The zero-order valence-electron chi connectivity index (χ0n) is 14.0. The van der Waals surface area contributed by atoms with Crippen LogP contribution in [-0.2, 0) is 6.42 Å². The third kappa shape index (κ3) is 4.07. The molecule has 2 aromatic carbocycles. The van der Waals surface area contributed by atoms with Crippen LogP contribution in [0.25, 0.3) is 22.5 Å². The Morgan fingerprint density at radius 3 is 1.83 bits per heavy atom. The van der Waals surface area contributed by atoms with Crippen LogP contribution in [-0.4, -0.2) is 0 Å². The average molecular weight is 303 g/mol. The fourth-order valence-electron chi connectivity index (χ4n) is 2.71. The molecule has 0 unspecified atom stereocenters. The molecule has 23 heavy (non-hydrogen) atoms. The smallest absolute Gasteiger partial charge is 0.212 e. The molecule has 0 bridgehead atoms. The van der Waals surface area contributed by atoms with Gasteiger partial charge >= 0.3 is 11.5 Å². The highest BCUT2D eigenvalue weighted by atomic mass is 16.3. The zero-order chi connectivity index (χ0) is 16.3. The average Bonchev–Trinajstić information content (AvgIpc) is 2.55. The van der Waals surface area contributed by atoms with E-state index in [1.807, 2.05) is 24.3 Å². The van der Waals surface area contributed by atoms with E-state index in [4.69, 9.17) is 4.42 Å². The molecule has 116 valence electrons. The van der Waals surface area contributed by atoms with E-state index in [0.29, 0.717) is 0 Å². The predicted molar refractivity (Wildman–Crippen MR) is 97.1 cm³/mol. The molecule has 1 heteroatoms. The second kappa shape index (κ2) is 6.37. The summed E-state index contributed by atoms with van der Waals surface area (Å²) in [7, 11) is 0. The standard InChI is InChI=1S/C22H23O/c1-22(2,3)16-20-14-19(17-10-6-4-7-11-17)15-21(23-20)18-12-8-5-9-13-18/h4-15H,16H2,1-3H3/q+1. The molecule has 0 atom stereocenters. The van der Waals surface area contributed by atoms with Crippen LogP contribution in [0.15, 0.2) is 77.2 Å². The molecule has 0 aliphatic rings. The van der Waals surface area contributed by atoms with Gasteiger partial charge in [-0.2, -0.15) is 0 Å². The van der Waals surface area contributed by atoms with Crippen molar-refractivity contribution in [3.05, 3.63) is 78.6 Å². The van der Waals surface area contributed by atoms with Gasteiger partial charge in [-0.15, -0.1) is 0 Å². The van der Waals surface area contributed by atoms with Crippen LogP contribution in [0, 0.1) is 5.41 Å². The van der Waals surface area contributed by atoms with Gasteiger partial charge in [-0.05, 0) is 23.1 Å². The van der Waals surface area contributed by atoms with E-state index in [9.17, 15) is 0 Å². The Balaban J connectivity index is 2.11. The van der Waals surface area contributed by atoms with Gasteiger partial charge in [-0.25, -0.2) is 4.42 Å². The maximum atomic E-state index is 6.20. The maximum Gasteiger partial charge on any atom is 0.360 e. The lowest BCUT2D eigenvalue weighted by Gasteiger charge is -2.13. The van der Waals surface area contributed by atoms with Gasteiger partial charge < -0.3 is 0 Å². The summed E-state index contributed by atoms with van der Waals surface area (Å²) in [6, 6.07) is 25.1. The summed E-state index contributed by atoms with van der Waals surface area (Å²) in [5.74, 6) is 1.95. The largest absolute Gasteiger partial charge is 0.360 e. The van der Waals surface area contributed by atoms with Crippen LogP contribution in [0.1, 0.15) is 26.5 Å². The molecule has 1 nitrogen and oxygen atoms in total. The molecule has 0 saturated heterocycles. The Morgan fingerprint density at radius 2 is 1.26 bits per heavy atom. The molecule has 1 heterocycles. The van der Waals surface area contributed by atoms with Crippen LogP contribution in [0.2, 0.25) is 0 Å². The van der Waals surface area contributed by atoms with Crippen LogP contribution in [0.3, 0.4) is 0 Å². The number of benzene rings is 2. The minimum Gasteiger partial charge on any atom is -0.212 e. The molecule has 3 aromatic rings. The lowest BCUT2D eigenvalue weighted by Crippen LogP contribution is -2.09. The van der Waals surface area contributed by atoms with Crippen LogP contribution in [0.5, 0.6) is 0 Å². The van der Waals surface area contributed by atoms with Gasteiger partial charge in [0.05, 0.1) is 18.1 Å². The summed E-state index contributed by atoms with van der Waals surface area (Å²) in [5, 5.41) is 0. The number of rotatable bonds is 3. The highest BCUT2D eigenvalue weighted by Gasteiger charge is 2.23. The second-order valence-electron chi connectivity index (χ2n) is 7.15. The summed E-state index contributed by atoms with van der Waals surface area (Å²) in [5.41, 5.74) is 3.72. The van der Waals surface area contributed by atoms with E-state index in [0.717, 1.165) is 23.5 Å². The first-order valence-electron chi connectivity index (χ1n) is 8.09. The fraction of sp³-hybridized carbons (Fsp3) is 0.227. The van der Waals surface area contributed by atoms with Crippen LogP contribution in [0.4, 0.5) is 0 Å². The van der Waals surface area contributed by atoms with Crippen molar-refractivity contribution in [2.24, 2.45) is 5.41 Å². The first kappa shape index (κ1) is 15.5. The Hall–Kier alpha value is -2.41. The summed E-state index contributed by atoms with van der Waals surface area (Å²) >= 11 is 0. The van der Waals surface area contributed by atoms with Gasteiger partial charge in [0.15, 0.2) is 0 Å².